The second kappa shape index (κ2) is 15.6. The first-order chi connectivity index (χ1) is 22.9. The van der Waals surface area contributed by atoms with E-state index in [0.717, 1.165) is 65.0 Å². The van der Waals surface area contributed by atoms with E-state index in [1.165, 1.54) is 31.4 Å². The molecule has 0 radical (unpaired) electrons. The molecule has 4 N–H and O–H groups in total. The average Bonchev–Trinajstić information content (AvgIpc) is 3.23. The van der Waals surface area contributed by atoms with Crippen molar-refractivity contribution in [1.29, 1.82) is 0 Å². The van der Waals surface area contributed by atoms with Crippen LogP contribution < -0.4 is 20.4 Å². The molecule has 0 saturated carbocycles. The maximum atomic E-state index is 12.5. The largest absolute Gasteiger partial charge is 0.481 e. The maximum absolute atomic E-state index is 12.5. The third kappa shape index (κ3) is 8.41. The van der Waals surface area contributed by atoms with Crippen molar-refractivity contribution in [3.05, 3.63) is 52.0 Å². The summed E-state index contributed by atoms with van der Waals surface area (Å²) in [6.45, 7) is 5.47. The third-order valence-corrected chi connectivity index (χ3v) is 10.7. The third-order valence-electron chi connectivity index (χ3n) is 10.2. The van der Waals surface area contributed by atoms with Crippen molar-refractivity contribution in [2.45, 2.75) is 63.7 Å². The zero-order valence-corrected chi connectivity index (χ0v) is 29.5. The standard InChI is InChI=1S/C22H32N4O3.C13H15BrN2O3/c1-25-14-17-12-18(2-3-19(17)24-20(22(25)29)13-21(27)28)26-10-6-16(7-11-26)15-4-8-23-9-5-15;1-15-7-8-5-9(14)3-4-10(8)16(2)11(13(15)19)6-12(17)18/h2-3,12,15-16,20,23-24H,4-11,13-14H2,1H3,(H,27,28);3-5,11H,6-7H2,1-2H3,(H,17,18)/t20-;11-/m10/s1. The van der Waals surface area contributed by atoms with Gasteiger partial charge in [0.1, 0.15) is 12.1 Å². The second-order valence-electron chi connectivity index (χ2n) is 13.4. The van der Waals surface area contributed by atoms with E-state index in [2.05, 4.69) is 43.6 Å². The van der Waals surface area contributed by atoms with Gasteiger partial charge in [-0.15, -0.1) is 0 Å². The number of carbonyl (C=O) groups is 4. The molecule has 0 aromatic heterocycles. The Morgan fingerprint density at radius 1 is 0.812 bits per heavy atom. The molecule has 2 aromatic carbocycles. The quantitative estimate of drug-likeness (QED) is 0.347. The Labute approximate surface area is 290 Å². The molecular weight excluding hydrogens is 680 g/mol. The highest BCUT2D eigenvalue weighted by Crippen LogP contribution is 2.35. The van der Waals surface area contributed by atoms with Crippen molar-refractivity contribution in [1.82, 2.24) is 15.1 Å². The molecule has 260 valence electrons. The lowest BCUT2D eigenvalue weighted by atomic mass is 9.79. The fraction of sp³-hybridized carbons (Fsp3) is 0.543. The summed E-state index contributed by atoms with van der Waals surface area (Å²) in [6, 6.07) is 10.6. The fourth-order valence-electron chi connectivity index (χ4n) is 7.49. The van der Waals surface area contributed by atoms with Crippen molar-refractivity contribution in [3.8, 4) is 0 Å². The summed E-state index contributed by atoms with van der Waals surface area (Å²) in [7, 11) is 5.20. The summed E-state index contributed by atoms with van der Waals surface area (Å²) in [5.74, 6) is -0.567. The van der Waals surface area contributed by atoms with Crippen LogP contribution in [0.1, 0.15) is 49.7 Å². The van der Waals surface area contributed by atoms with Crippen LogP contribution in [0.2, 0.25) is 0 Å². The van der Waals surface area contributed by atoms with Crippen LogP contribution in [-0.4, -0.2) is 103 Å². The molecule has 4 aliphatic heterocycles. The van der Waals surface area contributed by atoms with Crippen molar-refractivity contribution >= 4 is 56.7 Å². The van der Waals surface area contributed by atoms with Crippen LogP contribution in [0.3, 0.4) is 0 Å². The van der Waals surface area contributed by atoms with Crippen LogP contribution in [0.25, 0.3) is 0 Å². The fourth-order valence-corrected chi connectivity index (χ4v) is 7.90. The van der Waals surface area contributed by atoms with E-state index in [-0.39, 0.29) is 24.7 Å². The first-order valence-corrected chi connectivity index (χ1v) is 17.5. The number of carbonyl (C=O) groups excluding carboxylic acids is 2. The zero-order valence-electron chi connectivity index (χ0n) is 28.0. The van der Waals surface area contributed by atoms with Gasteiger partial charge in [0.25, 0.3) is 0 Å². The highest BCUT2D eigenvalue weighted by Gasteiger charge is 2.34. The lowest BCUT2D eigenvalue weighted by molar-refractivity contribution is -0.141. The number of anilines is 3. The number of nitrogens with zero attached hydrogens (tertiary/aromatic N) is 4. The van der Waals surface area contributed by atoms with Gasteiger partial charge in [0.15, 0.2) is 0 Å². The summed E-state index contributed by atoms with van der Waals surface area (Å²) in [4.78, 5) is 54.2. The van der Waals surface area contributed by atoms with Crippen LogP contribution in [0.15, 0.2) is 40.9 Å². The van der Waals surface area contributed by atoms with E-state index in [1.807, 2.05) is 24.3 Å². The van der Waals surface area contributed by atoms with Crippen LogP contribution in [0.4, 0.5) is 17.1 Å². The number of carboxylic acids is 2. The van der Waals surface area contributed by atoms with Crippen molar-refractivity contribution in [2.24, 2.45) is 11.8 Å². The number of halogens is 1. The number of aliphatic carboxylic acids is 2. The number of nitrogens with one attached hydrogen (secondary N) is 2. The summed E-state index contributed by atoms with van der Waals surface area (Å²) < 4.78 is 0.942. The Bertz CT molecular complexity index is 1510. The van der Waals surface area contributed by atoms with E-state index in [9.17, 15) is 19.2 Å². The molecule has 2 fully saturated rings. The molecule has 6 rings (SSSR count). The molecule has 2 saturated heterocycles. The Hall–Kier alpha value is -3.84. The maximum Gasteiger partial charge on any atom is 0.305 e. The number of hydrogen-bond donors (Lipinski definition) is 4. The molecular formula is C35H47BrN6O6. The highest BCUT2D eigenvalue weighted by atomic mass is 79.9. The first-order valence-electron chi connectivity index (χ1n) is 16.7. The Morgan fingerprint density at radius 2 is 1.44 bits per heavy atom. The summed E-state index contributed by atoms with van der Waals surface area (Å²) in [5, 5.41) is 24.7. The predicted octanol–water partition coefficient (Wildman–Crippen LogP) is 3.83. The average molecular weight is 728 g/mol. The second-order valence-corrected chi connectivity index (χ2v) is 14.4. The molecule has 0 aliphatic carbocycles. The Balaban J connectivity index is 0.000000206. The number of amides is 2. The number of likely N-dealkylation sites (N-methyl/N-ethyl adjacent to an activating group) is 3. The van der Waals surface area contributed by atoms with Crippen molar-refractivity contribution in [3.63, 3.8) is 0 Å². The smallest absolute Gasteiger partial charge is 0.305 e. The van der Waals surface area contributed by atoms with E-state index in [0.29, 0.717) is 13.1 Å². The zero-order chi connectivity index (χ0) is 34.5. The number of piperidine rings is 2. The molecule has 12 nitrogen and oxygen atoms in total. The minimum atomic E-state index is -0.973. The lowest BCUT2D eigenvalue weighted by Crippen LogP contribution is -2.44. The minimum absolute atomic E-state index is 0.169. The SMILES string of the molecule is CN1Cc2cc(Br)ccc2N(C)[C@@H](CC(=O)O)C1=O.CN1Cc2cc(N3CCC(C4CCNCC4)CC3)ccc2N[C@H](CC(=O)O)C1=O. The van der Waals surface area contributed by atoms with E-state index in [1.54, 1.807) is 35.8 Å². The Morgan fingerprint density at radius 3 is 2.10 bits per heavy atom. The topological polar surface area (TPSA) is 146 Å². The number of hydrogen-bond acceptors (Lipinski definition) is 8. The van der Waals surface area contributed by atoms with Gasteiger partial charge in [-0.2, -0.15) is 0 Å². The van der Waals surface area contributed by atoms with Gasteiger partial charge in [0.2, 0.25) is 11.8 Å². The Kier molecular flexibility index (Phi) is 11.5. The van der Waals surface area contributed by atoms with Crippen molar-refractivity contribution in [2.75, 3.05) is 62.4 Å². The number of carboxylic acid groups (broad SMARTS) is 2. The molecule has 0 bridgehead atoms. The van der Waals surface area contributed by atoms with Gasteiger partial charge in [-0.25, -0.2) is 0 Å². The molecule has 13 heteroatoms. The normalized spacial score (nSPS) is 22.1. The summed E-state index contributed by atoms with van der Waals surface area (Å²) in [6.07, 6.45) is 4.71. The van der Waals surface area contributed by atoms with Gasteiger partial charge in [0.05, 0.1) is 12.8 Å². The van der Waals surface area contributed by atoms with Gasteiger partial charge < -0.3 is 40.4 Å². The molecule has 0 unspecified atom stereocenters. The van der Waals surface area contributed by atoms with Crippen LogP contribution in [-0.2, 0) is 32.3 Å². The molecule has 48 heavy (non-hydrogen) atoms. The molecule has 2 aromatic rings. The predicted molar refractivity (Wildman–Crippen MR) is 188 cm³/mol. The minimum Gasteiger partial charge on any atom is -0.481 e. The van der Waals surface area contributed by atoms with E-state index < -0.39 is 24.0 Å². The van der Waals surface area contributed by atoms with Gasteiger partial charge >= 0.3 is 11.9 Å². The first kappa shape index (κ1) is 35.5. The molecule has 4 aliphatic rings. The molecule has 4 heterocycles. The molecule has 2 amide bonds. The van der Waals surface area contributed by atoms with Gasteiger partial charge in [0, 0.05) is 68.9 Å². The highest BCUT2D eigenvalue weighted by molar-refractivity contribution is 9.10. The van der Waals surface area contributed by atoms with Gasteiger partial charge in [-0.05, 0) is 98.1 Å². The van der Waals surface area contributed by atoms with Crippen molar-refractivity contribution < 1.29 is 29.4 Å². The van der Waals surface area contributed by atoms with E-state index >= 15 is 0 Å². The van der Waals surface area contributed by atoms with Crippen LogP contribution >= 0.6 is 15.9 Å². The number of benzene rings is 2. The van der Waals surface area contributed by atoms with Crippen LogP contribution in [0, 0.1) is 11.8 Å². The monoisotopic (exact) mass is 726 g/mol. The van der Waals surface area contributed by atoms with E-state index in [4.69, 9.17) is 10.2 Å². The molecule has 2 atom stereocenters. The van der Waals surface area contributed by atoms with Gasteiger partial charge in [-0.1, -0.05) is 15.9 Å². The van der Waals surface area contributed by atoms with Crippen LogP contribution in [0.5, 0.6) is 0 Å². The number of rotatable bonds is 6. The lowest BCUT2D eigenvalue weighted by Gasteiger charge is -2.39. The summed E-state index contributed by atoms with van der Waals surface area (Å²) in [5.41, 5.74) is 5.01. The molecule has 0 spiro atoms. The number of fused-ring (bicyclic) bond motifs is 2. The van der Waals surface area contributed by atoms with Gasteiger partial charge in [-0.3, -0.25) is 19.2 Å². The summed E-state index contributed by atoms with van der Waals surface area (Å²) >= 11 is 3.41.